The standard InChI is InChI=1S/C19H18N6O3S2/c1-10-15(25-30(3,27)28)6-13(7-20-10)12-4-16(14-8-21-24-17(14)5-12)23-19(26)18-9-29-11(2)22-18/h4-9,25H,1-3H3,(H,21,24)(H,23,26). The lowest BCUT2D eigenvalue weighted by Crippen LogP contribution is -2.12. The number of thiazole rings is 1. The average Bonchev–Trinajstić information content (AvgIpc) is 3.31. The maximum atomic E-state index is 12.6. The van der Waals surface area contributed by atoms with Crippen molar-refractivity contribution >= 4 is 49.5 Å². The van der Waals surface area contributed by atoms with Gasteiger partial charge in [0.15, 0.2) is 0 Å². The van der Waals surface area contributed by atoms with Crippen LogP contribution in [0.1, 0.15) is 21.2 Å². The van der Waals surface area contributed by atoms with Gasteiger partial charge in [0.05, 0.1) is 40.0 Å². The number of rotatable bonds is 5. The van der Waals surface area contributed by atoms with Gasteiger partial charge in [-0.05, 0) is 37.6 Å². The van der Waals surface area contributed by atoms with Crippen LogP contribution in [-0.2, 0) is 10.0 Å². The number of aromatic amines is 1. The number of amides is 1. The zero-order chi connectivity index (χ0) is 21.5. The number of pyridine rings is 1. The summed E-state index contributed by atoms with van der Waals surface area (Å²) in [6, 6.07) is 5.36. The van der Waals surface area contributed by atoms with Gasteiger partial charge in [-0.3, -0.25) is 19.6 Å². The lowest BCUT2D eigenvalue weighted by molar-refractivity contribution is 0.102. The van der Waals surface area contributed by atoms with Crippen LogP contribution in [0.4, 0.5) is 11.4 Å². The summed E-state index contributed by atoms with van der Waals surface area (Å²) in [7, 11) is -3.45. The summed E-state index contributed by atoms with van der Waals surface area (Å²) >= 11 is 1.40. The monoisotopic (exact) mass is 442 g/mol. The second-order valence-corrected chi connectivity index (χ2v) is 9.60. The summed E-state index contributed by atoms with van der Waals surface area (Å²) in [5.74, 6) is -0.319. The Bertz CT molecular complexity index is 1370. The minimum atomic E-state index is -3.45. The van der Waals surface area contributed by atoms with Gasteiger partial charge in [-0.2, -0.15) is 5.10 Å². The number of nitrogens with zero attached hydrogens (tertiary/aromatic N) is 3. The zero-order valence-corrected chi connectivity index (χ0v) is 18.0. The van der Waals surface area contributed by atoms with Crippen molar-refractivity contribution in [3.05, 3.63) is 52.4 Å². The quantitative estimate of drug-likeness (QED) is 0.435. The van der Waals surface area contributed by atoms with Gasteiger partial charge in [0.25, 0.3) is 5.91 Å². The van der Waals surface area contributed by atoms with Crippen molar-refractivity contribution < 1.29 is 13.2 Å². The topological polar surface area (TPSA) is 130 Å². The molecule has 4 aromatic rings. The van der Waals surface area contributed by atoms with Crippen LogP contribution in [0.15, 0.2) is 36.0 Å². The van der Waals surface area contributed by atoms with Crippen molar-refractivity contribution in [2.24, 2.45) is 0 Å². The van der Waals surface area contributed by atoms with Crippen molar-refractivity contribution in [3.8, 4) is 11.1 Å². The third-order valence-corrected chi connectivity index (χ3v) is 5.74. The first-order chi connectivity index (χ1) is 14.2. The van der Waals surface area contributed by atoms with Crippen LogP contribution in [0.3, 0.4) is 0 Å². The Hall–Kier alpha value is -3.31. The minimum absolute atomic E-state index is 0.319. The molecule has 0 bridgehead atoms. The van der Waals surface area contributed by atoms with Crippen LogP contribution in [0.25, 0.3) is 22.0 Å². The molecular weight excluding hydrogens is 424 g/mol. The number of sulfonamides is 1. The first-order valence-electron chi connectivity index (χ1n) is 8.85. The molecule has 0 unspecified atom stereocenters. The fraction of sp³-hybridized carbons (Fsp3) is 0.158. The maximum absolute atomic E-state index is 12.6. The van der Waals surface area contributed by atoms with E-state index in [1.807, 2.05) is 13.0 Å². The highest BCUT2D eigenvalue weighted by molar-refractivity contribution is 7.92. The lowest BCUT2D eigenvalue weighted by atomic mass is 10.0. The van der Waals surface area contributed by atoms with Crippen molar-refractivity contribution in [2.75, 3.05) is 16.3 Å². The molecule has 3 aromatic heterocycles. The average molecular weight is 443 g/mol. The molecule has 0 radical (unpaired) electrons. The lowest BCUT2D eigenvalue weighted by Gasteiger charge is -2.12. The molecule has 154 valence electrons. The van der Waals surface area contributed by atoms with Crippen LogP contribution in [-0.4, -0.2) is 40.7 Å². The summed E-state index contributed by atoms with van der Waals surface area (Å²) in [5, 5.41) is 13.1. The number of hydrogen-bond donors (Lipinski definition) is 3. The predicted molar refractivity (Wildman–Crippen MR) is 117 cm³/mol. The van der Waals surface area contributed by atoms with Crippen molar-refractivity contribution in [1.29, 1.82) is 0 Å². The number of benzene rings is 1. The molecule has 9 nitrogen and oxygen atoms in total. The second kappa shape index (κ2) is 7.50. The molecular formula is C19H18N6O3S2. The van der Waals surface area contributed by atoms with E-state index in [1.165, 1.54) is 11.3 Å². The summed E-state index contributed by atoms with van der Waals surface area (Å²) in [6.07, 6.45) is 4.37. The van der Waals surface area contributed by atoms with Gasteiger partial charge in [-0.15, -0.1) is 11.3 Å². The van der Waals surface area contributed by atoms with Crippen molar-refractivity contribution in [2.45, 2.75) is 13.8 Å². The van der Waals surface area contributed by atoms with Gasteiger partial charge in [0.2, 0.25) is 10.0 Å². The van der Waals surface area contributed by atoms with E-state index in [1.54, 1.807) is 36.8 Å². The SMILES string of the molecule is Cc1nc(C(=O)Nc2cc(-c3cnc(C)c(NS(C)(=O)=O)c3)cc3[nH]ncc23)cs1. The molecule has 0 spiro atoms. The Morgan fingerprint density at radius 1 is 1.10 bits per heavy atom. The molecule has 0 aliphatic heterocycles. The molecule has 3 N–H and O–H groups in total. The summed E-state index contributed by atoms with van der Waals surface area (Å²) in [4.78, 5) is 21.1. The number of aromatic nitrogens is 4. The van der Waals surface area contributed by atoms with Crippen molar-refractivity contribution in [1.82, 2.24) is 20.2 Å². The molecule has 0 fully saturated rings. The number of aryl methyl sites for hydroxylation is 2. The highest BCUT2D eigenvalue weighted by atomic mass is 32.2. The Labute approximate surface area is 176 Å². The van der Waals surface area contributed by atoms with E-state index in [4.69, 9.17) is 0 Å². The molecule has 0 aliphatic carbocycles. The molecule has 0 saturated heterocycles. The Morgan fingerprint density at radius 3 is 2.57 bits per heavy atom. The smallest absolute Gasteiger partial charge is 0.275 e. The van der Waals surface area contributed by atoms with E-state index in [9.17, 15) is 13.2 Å². The van der Waals surface area contributed by atoms with E-state index in [-0.39, 0.29) is 5.91 Å². The number of H-pyrrole nitrogens is 1. The van der Waals surface area contributed by atoms with Gasteiger partial charge in [-0.25, -0.2) is 13.4 Å². The number of carbonyl (C=O) groups is 1. The number of fused-ring (bicyclic) bond motifs is 1. The summed E-state index contributed by atoms with van der Waals surface area (Å²) in [6.45, 7) is 3.56. The van der Waals surface area contributed by atoms with Crippen LogP contribution in [0, 0.1) is 13.8 Å². The third-order valence-electron chi connectivity index (χ3n) is 4.37. The normalized spacial score (nSPS) is 11.6. The highest BCUT2D eigenvalue weighted by Gasteiger charge is 2.15. The molecule has 11 heteroatoms. The number of carbonyl (C=O) groups excluding carboxylic acids is 1. The molecule has 1 amide bonds. The Balaban J connectivity index is 1.76. The zero-order valence-electron chi connectivity index (χ0n) is 16.3. The Kier molecular flexibility index (Phi) is 5.00. The van der Waals surface area contributed by atoms with Crippen LogP contribution < -0.4 is 10.0 Å². The van der Waals surface area contributed by atoms with Gasteiger partial charge < -0.3 is 5.32 Å². The van der Waals surface area contributed by atoms with Gasteiger partial charge in [0, 0.05) is 22.5 Å². The molecule has 4 rings (SSSR count). The van der Waals surface area contributed by atoms with Crippen LogP contribution in [0.2, 0.25) is 0 Å². The molecule has 3 heterocycles. The summed E-state index contributed by atoms with van der Waals surface area (Å²) < 4.78 is 25.8. The van der Waals surface area contributed by atoms with E-state index in [2.05, 4.69) is 30.2 Å². The Morgan fingerprint density at radius 2 is 1.87 bits per heavy atom. The highest BCUT2D eigenvalue weighted by Crippen LogP contribution is 2.32. The first-order valence-corrected chi connectivity index (χ1v) is 11.6. The minimum Gasteiger partial charge on any atom is -0.320 e. The number of nitrogens with one attached hydrogen (secondary N) is 3. The molecule has 0 saturated carbocycles. The fourth-order valence-electron chi connectivity index (χ4n) is 2.97. The first kappa shape index (κ1) is 20.0. The van der Waals surface area contributed by atoms with Crippen LogP contribution in [0.5, 0.6) is 0 Å². The van der Waals surface area contributed by atoms with Gasteiger partial charge >= 0.3 is 0 Å². The molecule has 1 aromatic carbocycles. The second-order valence-electron chi connectivity index (χ2n) is 6.79. The molecule has 0 aliphatic rings. The molecule has 30 heavy (non-hydrogen) atoms. The van der Waals surface area contributed by atoms with E-state index in [0.717, 1.165) is 27.7 Å². The van der Waals surface area contributed by atoms with E-state index < -0.39 is 10.0 Å². The van der Waals surface area contributed by atoms with Gasteiger partial charge in [-0.1, -0.05) is 0 Å². The largest absolute Gasteiger partial charge is 0.320 e. The van der Waals surface area contributed by atoms with Crippen LogP contribution >= 0.6 is 11.3 Å². The van der Waals surface area contributed by atoms with Crippen molar-refractivity contribution in [3.63, 3.8) is 0 Å². The van der Waals surface area contributed by atoms with Gasteiger partial charge in [0.1, 0.15) is 5.69 Å². The van der Waals surface area contributed by atoms with E-state index >= 15 is 0 Å². The maximum Gasteiger partial charge on any atom is 0.275 e. The molecule has 0 atom stereocenters. The predicted octanol–water partition coefficient (Wildman–Crippen LogP) is 3.32. The number of anilines is 2. The number of hydrogen-bond acceptors (Lipinski definition) is 7. The van der Waals surface area contributed by atoms with E-state index in [0.29, 0.717) is 28.3 Å². The third kappa shape index (κ3) is 4.16. The fourth-order valence-corrected chi connectivity index (χ4v) is 4.17. The summed E-state index contributed by atoms with van der Waals surface area (Å²) in [5.41, 5.74) is 3.99.